The van der Waals surface area contributed by atoms with E-state index in [1.54, 1.807) is 0 Å². The van der Waals surface area contributed by atoms with Gasteiger partial charge in [-0.15, -0.1) is 0 Å². The minimum Gasteiger partial charge on any atom is -0.479 e. The quantitative estimate of drug-likeness (QED) is 0.730. The van der Waals surface area contributed by atoms with Crippen LogP contribution < -0.4 is 0 Å². The average molecular weight is 200 g/mol. The van der Waals surface area contributed by atoms with Gasteiger partial charge in [0, 0.05) is 0 Å². The molecule has 1 unspecified atom stereocenters. The lowest BCUT2D eigenvalue weighted by molar-refractivity contribution is -0.150. The van der Waals surface area contributed by atoms with Gasteiger partial charge in [0.15, 0.2) is 6.10 Å². The van der Waals surface area contributed by atoms with Crippen LogP contribution >= 0.6 is 0 Å². The Morgan fingerprint density at radius 2 is 1.93 bits per heavy atom. The molecule has 0 bridgehead atoms. The molecule has 3 nitrogen and oxygen atoms in total. The van der Waals surface area contributed by atoms with E-state index in [0.717, 1.165) is 31.6 Å². The van der Waals surface area contributed by atoms with Gasteiger partial charge < -0.3 is 10.2 Å². The number of carbonyl (C=O) groups is 1. The van der Waals surface area contributed by atoms with Crippen LogP contribution in [-0.2, 0) is 4.79 Å². The smallest absolute Gasteiger partial charge is 0.332 e. The molecule has 0 spiro atoms. The lowest BCUT2D eigenvalue weighted by Crippen LogP contribution is -2.32. The van der Waals surface area contributed by atoms with Gasteiger partial charge >= 0.3 is 5.97 Å². The lowest BCUT2D eigenvalue weighted by atomic mass is 9.78. The molecule has 0 aromatic carbocycles. The molecule has 82 valence electrons. The second kappa shape index (κ2) is 5.35. The van der Waals surface area contributed by atoms with Crippen molar-refractivity contribution in [2.45, 2.75) is 51.6 Å². The van der Waals surface area contributed by atoms with E-state index in [0.29, 0.717) is 0 Å². The van der Waals surface area contributed by atoms with Crippen molar-refractivity contribution in [2.75, 3.05) is 0 Å². The molecule has 3 heteroatoms. The number of rotatable bonds is 4. The molecule has 0 saturated heterocycles. The summed E-state index contributed by atoms with van der Waals surface area (Å²) in [5.41, 5.74) is 0. The third-order valence-electron chi connectivity index (χ3n) is 3.29. The predicted octanol–water partition coefficient (Wildman–Crippen LogP) is 2.04. The molecular formula is C11H20O3. The Balaban J connectivity index is 2.31. The Morgan fingerprint density at radius 3 is 2.36 bits per heavy atom. The fourth-order valence-corrected chi connectivity index (χ4v) is 2.40. The largest absolute Gasteiger partial charge is 0.479 e. The van der Waals surface area contributed by atoms with Gasteiger partial charge in [-0.2, -0.15) is 0 Å². The van der Waals surface area contributed by atoms with Crippen LogP contribution in [0.1, 0.15) is 45.4 Å². The molecular weight excluding hydrogens is 180 g/mol. The molecule has 0 aromatic heterocycles. The maximum absolute atomic E-state index is 10.6. The van der Waals surface area contributed by atoms with E-state index in [-0.39, 0.29) is 5.92 Å². The van der Waals surface area contributed by atoms with Crippen molar-refractivity contribution >= 4 is 5.97 Å². The predicted molar refractivity (Wildman–Crippen MR) is 54.0 cm³/mol. The highest BCUT2D eigenvalue weighted by atomic mass is 16.4. The van der Waals surface area contributed by atoms with Crippen LogP contribution in [0.25, 0.3) is 0 Å². The molecule has 0 amide bonds. The summed E-state index contributed by atoms with van der Waals surface area (Å²) in [6, 6.07) is 0. The standard InChI is InChI=1S/C11H20O3/c1-2-3-8-4-6-9(7-5-8)10(12)11(13)14/h8-10,12H,2-7H2,1H3,(H,13,14). The van der Waals surface area contributed by atoms with Crippen molar-refractivity contribution < 1.29 is 15.0 Å². The van der Waals surface area contributed by atoms with E-state index >= 15 is 0 Å². The molecule has 0 heterocycles. The molecule has 1 atom stereocenters. The van der Waals surface area contributed by atoms with Gasteiger partial charge in [0.2, 0.25) is 0 Å². The summed E-state index contributed by atoms with van der Waals surface area (Å²) in [6.45, 7) is 2.18. The summed E-state index contributed by atoms with van der Waals surface area (Å²) in [5, 5.41) is 18.0. The topological polar surface area (TPSA) is 57.5 Å². The monoisotopic (exact) mass is 200 g/mol. The summed E-state index contributed by atoms with van der Waals surface area (Å²) in [7, 11) is 0. The van der Waals surface area contributed by atoms with Crippen LogP contribution in [0.5, 0.6) is 0 Å². The van der Waals surface area contributed by atoms with Crippen molar-refractivity contribution in [1.82, 2.24) is 0 Å². The van der Waals surface area contributed by atoms with E-state index in [4.69, 9.17) is 5.11 Å². The van der Waals surface area contributed by atoms with Crippen LogP contribution in [0.2, 0.25) is 0 Å². The zero-order valence-electron chi connectivity index (χ0n) is 8.78. The second-order valence-corrected chi connectivity index (χ2v) is 4.35. The normalized spacial score (nSPS) is 29.9. The third-order valence-corrected chi connectivity index (χ3v) is 3.29. The molecule has 2 N–H and O–H groups in total. The third kappa shape index (κ3) is 2.98. The van der Waals surface area contributed by atoms with Crippen LogP contribution in [0.4, 0.5) is 0 Å². The molecule has 0 aliphatic heterocycles. The summed E-state index contributed by atoms with van der Waals surface area (Å²) in [6.07, 6.45) is 5.23. The number of aliphatic hydroxyl groups is 1. The number of carboxylic acids is 1. The van der Waals surface area contributed by atoms with Gasteiger partial charge in [0.05, 0.1) is 0 Å². The highest BCUT2D eigenvalue weighted by Gasteiger charge is 2.29. The van der Waals surface area contributed by atoms with Crippen LogP contribution in [0.15, 0.2) is 0 Å². The maximum atomic E-state index is 10.6. The Hall–Kier alpha value is -0.570. The van der Waals surface area contributed by atoms with Gasteiger partial charge in [-0.05, 0) is 24.7 Å². The zero-order valence-corrected chi connectivity index (χ0v) is 8.78. The van der Waals surface area contributed by atoms with Gasteiger partial charge in [0.1, 0.15) is 0 Å². The number of aliphatic hydroxyl groups excluding tert-OH is 1. The molecule has 0 radical (unpaired) electrons. The van der Waals surface area contributed by atoms with Crippen molar-refractivity contribution in [3.8, 4) is 0 Å². The molecule has 14 heavy (non-hydrogen) atoms. The Morgan fingerprint density at radius 1 is 1.36 bits per heavy atom. The summed E-state index contributed by atoms with van der Waals surface area (Å²) in [5.74, 6) is -0.318. The van der Waals surface area contributed by atoms with Gasteiger partial charge in [-0.1, -0.05) is 32.6 Å². The molecule has 1 aliphatic carbocycles. The van der Waals surface area contributed by atoms with E-state index in [1.807, 2.05) is 0 Å². The maximum Gasteiger partial charge on any atom is 0.332 e. The molecule has 1 saturated carbocycles. The highest BCUT2D eigenvalue weighted by molar-refractivity contribution is 5.72. The summed E-state index contributed by atoms with van der Waals surface area (Å²) >= 11 is 0. The minimum absolute atomic E-state index is 0.0133. The Kier molecular flexibility index (Phi) is 4.39. The second-order valence-electron chi connectivity index (χ2n) is 4.35. The van der Waals surface area contributed by atoms with Gasteiger partial charge in [-0.25, -0.2) is 4.79 Å². The van der Waals surface area contributed by atoms with Gasteiger partial charge in [-0.3, -0.25) is 0 Å². The SMILES string of the molecule is CCCC1CCC(C(O)C(=O)O)CC1. The van der Waals surface area contributed by atoms with Crippen molar-refractivity contribution in [2.24, 2.45) is 11.8 Å². The number of carboxylic acid groups (broad SMARTS) is 1. The fourth-order valence-electron chi connectivity index (χ4n) is 2.40. The molecule has 1 fully saturated rings. The number of aliphatic carboxylic acids is 1. The van der Waals surface area contributed by atoms with E-state index in [9.17, 15) is 9.90 Å². The van der Waals surface area contributed by atoms with E-state index in [2.05, 4.69) is 6.92 Å². The van der Waals surface area contributed by atoms with Crippen LogP contribution in [0.3, 0.4) is 0 Å². The first-order chi connectivity index (χ1) is 6.65. The summed E-state index contributed by atoms with van der Waals surface area (Å²) in [4.78, 5) is 10.6. The Labute approximate surface area is 85.1 Å². The van der Waals surface area contributed by atoms with Crippen molar-refractivity contribution in [3.63, 3.8) is 0 Å². The van der Waals surface area contributed by atoms with E-state index in [1.165, 1.54) is 12.8 Å². The van der Waals surface area contributed by atoms with Crippen molar-refractivity contribution in [1.29, 1.82) is 0 Å². The zero-order chi connectivity index (χ0) is 10.6. The first kappa shape index (κ1) is 11.5. The minimum atomic E-state index is -1.14. The van der Waals surface area contributed by atoms with Crippen molar-refractivity contribution in [3.05, 3.63) is 0 Å². The average Bonchev–Trinajstić information content (AvgIpc) is 2.18. The van der Waals surface area contributed by atoms with Gasteiger partial charge in [0.25, 0.3) is 0 Å². The molecule has 1 aliphatic rings. The lowest BCUT2D eigenvalue weighted by Gasteiger charge is -2.29. The van der Waals surface area contributed by atoms with Crippen LogP contribution in [0, 0.1) is 11.8 Å². The number of hydrogen-bond acceptors (Lipinski definition) is 2. The summed E-state index contributed by atoms with van der Waals surface area (Å²) < 4.78 is 0. The highest BCUT2D eigenvalue weighted by Crippen LogP contribution is 2.33. The van der Waals surface area contributed by atoms with Crippen LogP contribution in [-0.4, -0.2) is 22.3 Å². The molecule has 1 rings (SSSR count). The molecule has 0 aromatic rings. The van der Waals surface area contributed by atoms with E-state index < -0.39 is 12.1 Å². The Bertz CT molecular complexity index is 183. The number of hydrogen-bond donors (Lipinski definition) is 2. The fraction of sp³-hybridized carbons (Fsp3) is 0.909. The first-order valence-electron chi connectivity index (χ1n) is 5.56. The first-order valence-corrected chi connectivity index (χ1v) is 5.56.